The number of rotatable bonds is 5. The Morgan fingerprint density at radius 3 is 2.08 bits per heavy atom. The van der Waals surface area contributed by atoms with Crippen molar-refractivity contribution in [3.63, 3.8) is 0 Å². The third-order valence-electron chi connectivity index (χ3n) is 1.35. The number of hydrogen-bond donors (Lipinski definition) is 4. The topological polar surface area (TPSA) is 98.0 Å². The van der Waals surface area contributed by atoms with Crippen molar-refractivity contribution in [2.75, 3.05) is 6.61 Å². The molecule has 0 rings (SSSR count). The van der Waals surface area contributed by atoms with E-state index in [9.17, 15) is 4.79 Å². The molecular weight excluding hydrogens is 232 g/mol. The van der Waals surface area contributed by atoms with E-state index >= 15 is 0 Å². The van der Waals surface area contributed by atoms with Gasteiger partial charge in [-0.1, -0.05) is 0 Å². The summed E-state index contributed by atoms with van der Waals surface area (Å²) in [6, 6.07) is 0. The van der Waals surface area contributed by atoms with E-state index in [0.29, 0.717) is 0 Å². The molecular formula is C6H11BrO5. The van der Waals surface area contributed by atoms with Crippen molar-refractivity contribution in [3.05, 3.63) is 0 Å². The van der Waals surface area contributed by atoms with Crippen molar-refractivity contribution in [1.82, 2.24) is 0 Å². The molecule has 0 fully saturated rings. The van der Waals surface area contributed by atoms with E-state index in [0.717, 1.165) is 0 Å². The summed E-state index contributed by atoms with van der Waals surface area (Å²) in [5.41, 5.74) is 0. The Balaban J connectivity index is 3.91. The molecule has 0 unspecified atom stereocenters. The zero-order valence-corrected chi connectivity index (χ0v) is 7.81. The highest BCUT2D eigenvalue weighted by atomic mass is 79.9. The standard InChI is InChI=1S/C6H11BrO5/c7-5(11)1-3(9)6(12)4(10)2-8/h3-4,6,8-10,12H,1-2H2/t3-,4-,6+/m1/s1. The van der Waals surface area contributed by atoms with Gasteiger partial charge in [-0.3, -0.25) is 4.79 Å². The van der Waals surface area contributed by atoms with Gasteiger partial charge < -0.3 is 20.4 Å². The molecule has 3 atom stereocenters. The van der Waals surface area contributed by atoms with E-state index < -0.39 is 29.6 Å². The molecule has 0 aromatic heterocycles. The van der Waals surface area contributed by atoms with E-state index in [1.165, 1.54) is 0 Å². The molecule has 0 amide bonds. The minimum Gasteiger partial charge on any atom is -0.394 e. The first kappa shape index (κ1) is 12.0. The highest BCUT2D eigenvalue weighted by Crippen LogP contribution is 2.06. The Hall–Kier alpha value is -0.0100. The van der Waals surface area contributed by atoms with Crippen LogP contribution in [-0.2, 0) is 4.79 Å². The van der Waals surface area contributed by atoms with Crippen LogP contribution in [0.25, 0.3) is 0 Å². The first-order valence-corrected chi connectivity index (χ1v) is 4.11. The Bertz CT molecular complexity index is 151. The van der Waals surface area contributed by atoms with Crippen LogP contribution < -0.4 is 0 Å². The Kier molecular flexibility index (Phi) is 5.60. The highest BCUT2D eigenvalue weighted by molar-refractivity contribution is 9.18. The summed E-state index contributed by atoms with van der Waals surface area (Å²) >= 11 is 2.56. The molecule has 6 heteroatoms. The van der Waals surface area contributed by atoms with Gasteiger partial charge in [0.25, 0.3) is 0 Å². The lowest BCUT2D eigenvalue weighted by Crippen LogP contribution is -2.40. The van der Waals surface area contributed by atoms with Gasteiger partial charge in [0.1, 0.15) is 12.2 Å². The molecule has 0 aliphatic carbocycles. The second-order valence-electron chi connectivity index (χ2n) is 2.37. The normalized spacial score (nSPS) is 18.4. The Morgan fingerprint density at radius 2 is 1.75 bits per heavy atom. The first-order valence-electron chi connectivity index (χ1n) is 3.32. The molecule has 12 heavy (non-hydrogen) atoms. The molecule has 4 N–H and O–H groups in total. The second kappa shape index (κ2) is 5.60. The molecule has 0 saturated heterocycles. The number of halogens is 1. The fraction of sp³-hybridized carbons (Fsp3) is 0.833. The SMILES string of the molecule is O=C(Br)C[C@@H](O)[C@H](O)[C@H](O)CO. The monoisotopic (exact) mass is 242 g/mol. The predicted octanol–water partition coefficient (Wildman–Crippen LogP) is -1.63. The lowest BCUT2D eigenvalue weighted by molar-refractivity contribution is -0.117. The predicted molar refractivity (Wildman–Crippen MR) is 43.7 cm³/mol. The summed E-state index contributed by atoms with van der Waals surface area (Å²) in [4.78, 5) is 10.4. The van der Waals surface area contributed by atoms with Crippen LogP contribution in [0, 0.1) is 0 Å². The van der Waals surface area contributed by atoms with Gasteiger partial charge in [0, 0.05) is 6.42 Å². The van der Waals surface area contributed by atoms with E-state index in [1.54, 1.807) is 0 Å². The zero-order chi connectivity index (χ0) is 9.72. The summed E-state index contributed by atoms with van der Waals surface area (Å²) < 4.78 is -0.473. The first-order chi connectivity index (χ1) is 5.49. The maximum absolute atomic E-state index is 10.4. The minimum absolute atomic E-state index is 0.307. The number of hydrogen-bond acceptors (Lipinski definition) is 5. The van der Waals surface area contributed by atoms with E-state index in [-0.39, 0.29) is 6.42 Å². The van der Waals surface area contributed by atoms with E-state index in [4.69, 9.17) is 20.4 Å². The van der Waals surface area contributed by atoms with Crippen LogP contribution >= 0.6 is 15.9 Å². The fourth-order valence-corrected chi connectivity index (χ4v) is 0.981. The number of carbonyl (C=O) groups is 1. The van der Waals surface area contributed by atoms with Gasteiger partial charge in [-0.15, -0.1) is 0 Å². The quantitative estimate of drug-likeness (QED) is 0.435. The number of carbonyl (C=O) groups excluding carboxylic acids is 1. The molecule has 0 aliphatic heterocycles. The number of aliphatic hydroxyl groups excluding tert-OH is 4. The molecule has 0 aromatic rings. The van der Waals surface area contributed by atoms with Gasteiger partial charge in [-0.05, 0) is 15.9 Å². The van der Waals surface area contributed by atoms with Gasteiger partial charge in [0.2, 0.25) is 0 Å². The van der Waals surface area contributed by atoms with E-state index in [2.05, 4.69) is 15.9 Å². The smallest absolute Gasteiger partial charge is 0.200 e. The van der Waals surface area contributed by atoms with Crippen LogP contribution in [0.2, 0.25) is 0 Å². The van der Waals surface area contributed by atoms with Crippen molar-refractivity contribution in [2.24, 2.45) is 0 Å². The molecule has 72 valence electrons. The third-order valence-corrected chi connectivity index (χ3v) is 1.67. The lowest BCUT2D eigenvalue weighted by atomic mass is 10.1. The van der Waals surface area contributed by atoms with Crippen molar-refractivity contribution in [2.45, 2.75) is 24.7 Å². The van der Waals surface area contributed by atoms with Crippen molar-refractivity contribution < 1.29 is 25.2 Å². The van der Waals surface area contributed by atoms with Gasteiger partial charge in [-0.2, -0.15) is 0 Å². The molecule has 0 radical (unpaired) electrons. The lowest BCUT2D eigenvalue weighted by Gasteiger charge is -2.19. The average molecular weight is 243 g/mol. The third kappa shape index (κ3) is 4.13. The maximum Gasteiger partial charge on any atom is 0.200 e. The molecule has 0 spiro atoms. The molecule has 0 saturated carbocycles. The zero-order valence-electron chi connectivity index (χ0n) is 6.22. The van der Waals surface area contributed by atoms with Crippen LogP contribution in [-0.4, -0.2) is 50.0 Å². The van der Waals surface area contributed by atoms with Gasteiger partial charge >= 0.3 is 0 Å². The molecule has 0 aliphatic rings. The van der Waals surface area contributed by atoms with E-state index in [1.807, 2.05) is 0 Å². The van der Waals surface area contributed by atoms with Crippen molar-refractivity contribution in [1.29, 1.82) is 0 Å². The Labute approximate surface area is 77.8 Å². The molecule has 0 heterocycles. The molecule has 0 bridgehead atoms. The highest BCUT2D eigenvalue weighted by Gasteiger charge is 2.25. The van der Waals surface area contributed by atoms with Gasteiger partial charge in [-0.25, -0.2) is 0 Å². The van der Waals surface area contributed by atoms with Crippen LogP contribution in [0.1, 0.15) is 6.42 Å². The molecule has 0 aromatic carbocycles. The Morgan fingerprint density at radius 1 is 1.25 bits per heavy atom. The van der Waals surface area contributed by atoms with Crippen LogP contribution in [0.15, 0.2) is 0 Å². The van der Waals surface area contributed by atoms with Crippen molar-refractivity contribution in [3.8, 4) is 0 Å². The summed E-state index contributed by atoms with van der Waals surface area (Å²) in [5.74, 6) is 0. The number of aliphatic hydroxyl groups is 4. The fourth-order valence-electron chi connectivity index (χ4n) is 0.650. The van der Waals surface area contributed by atoms with Gasteiger partial charge in [0.15, 0.2) is 4.69 Å². The van der Waals surface area contributed by atoms with Gasteiger partial charge in [0.05, 0.1) is 12.7 Å². The summed E-state index contributed by atoms with van der Waals surface area (Å²) in [5, 5.41) is 35.2. The summed E-state index contributed by atoms with van der Waals surface area (Å²) in [7, 11) is 0. The maximum atomic E-state index is 10.4. The molecule has 5 nitrogen and oxygen atoms in total. The average Bonchev–Trinajstić information content (AvgIpc) is 2.00. The van der Waals surface area contributed by atoms with Crippen LogP contribution in [0.4, 0.5) is 0 Å². The second-order valence-corrected chi connectivity index (χ2v) is 3.25. The van der Waals surface area contributed by atoms with Crippen LogP contribution in [0.3, 0.4) is 0 Å². The summed E-state index contributed by atoms with van der Waals surface area (Å²) in [6.07, 6.45) is -4.60. The minimum atomic E-state index is -1.50. The van der Waals surface area contributed by atoms with Crippen molar-refractivity contribution >= 4 is 20.6 Å². The summed E-state index contributed by atoms with van der Waals surface area (Å²) in [6.45, 7) is -0.658. The van der Waals surface area contributed by atoms with Crippen LogP contribution in [0.5, 0.6) is 0 Å². The largest absolute Gasteiger partial charge is 0.394 e.